The molecule has 0 saturated carbocycles. The van der Waals surface area contributed by atoms with E-state index in [4.69, 9.17) is 26.8 Å². The Hall–Kier alpha value is -2.06. The summed E-state index contributed by atoms with van der Waals surface area (Å²) in [6.45, 7) is 6.82. The molecule has 1 saturated heterocycles. The summed E-state index contributed by atoms with van der Waals surface area (Å²) < 4.78 is 11.7. The quantitative estimate of drug-likeness (QED) is 0.491. The Labute approximate surface area is 168 Å². The number of ether oxygens (including phenoxy) is 2. The van der Waals surface area contributed by atoms with Crippen LogP contribution in [0.15, 0.2) is 23.1 Å². The van der Waals surface area contributed by atoms with Crippen LogP contribution in [0.1, 0.15) is 32.8 Å². The fourth-order valence-electron chi connectivity index (χ4n) is 2.33. The Kier molecular flexibility index (Phi) is 7.67. The molecule has 6 nitrogen and oxygen atoms in total. The Morgan fingerprint density at radius 3 is 2.70 bits per heavy atom. The van der Waals surface area contributed by atoms with Gasteiger partial charge in [-0.05, 0) is 43.0 Å². The zero-order valence-corrected chi connectivity index (χ0v) is 17.2. The van der Waals surface area contributed by atoms with Gasteiger partial charge in [0.05, 0.1) is 18.1 Å². The molecule has 1 aliphatic heterocycles. The Morgan fingerprint density at radius 2 is 2.07 bits per heavy atom. The van der Waals surface area contributed by atoms with Crippen LogP contribution in [0.4, 0.5) is 0 Å². The first-order valence-electron chi connectivity index (χ1n) is 8.68. The van der Waals surface area contributed by atoms with Gasteiger partial charge in [0.15, 0.2) is 11.5 Å². The number of carboxylic acid groups (broad SMARTS) is 1. The van der Waals surface area contributed by atoms with Crippen LogP contribution in [0.2, 0.25) is 0 Å². The summed E-state index contributed by atoms with van der Waals surface area (Å²) in [5.41, 5.74) is 0.755. The first-order chi connectivity index (χ1) is 12.8. The molecule has 0 aromatic heterocycles. The van der Waals surface area contributed by atoms with Crippen LogP contribution in [0, 0.1) is 5.92 Å². The van der Waals surface area contributed by atoms with Gasteiger partial charge in [-0.2, -0.15) is 0 Å². The lowest BCUT2D eigenvalue weighted by atomic mass is 10.1. The maximum Gasteiger partial charge on any atom is 0.323 e. The number of aliphatic carboxylic acids is 1. The van der Waals surface area contributed by atoms with Crippen molar-refractivity contribution in [3.05, 3.63) is 28.7 Å². The average Bonchev–Trinajstić information content (AvgIpc) is 2.84. The zero-order valence-electron chi connectivity index (χ0n) is 15.6. The van der Waals surface area contributed by atoms with Crippen molar-refractivity contribution in [1.29, 1.82) is 0 Å². The molecule has 1 fully saturated rings. The van der Waals surface area contributed by atoms with Crippen molar-refractivity contribution in [2.45, 2.75) is 27.2 Å². The second-order valence-corrected chi connectivity index (χ2v) is 8.01. The first-order valence-corrected chi connectivity index (χ1v) is 9.91. The van der Waals surface area contributed by atoms with Crippen LogP contribution in [0.3, 0.4) is 0 Å². The molecule has 1 aromatic carbocycles. The number of carbonyl (C=O) groups excluding carboxylic acids is 1. The molecule has 1 aliphatic rings. The largest absolute Gasteiger partial charge is 0.490 e. The number of hydrogen-bond acceptors (Lipinski definition) is 6. The molecule has 0 unspecified atom stereocenters. The van der Waals surface area contributed by atoms with Gasteiger partial charge in [0.25, 0.3) is 5.91 Å². The summed E-state index contributed by atoms with van der Waals surface area (Å²) in [6, 6.07) is 5.45. The van der Waals surface area contributed by atoms with E-state index in [-0.39, 0.29) is 4.32 Å². The molecule has 1 aromatic rings. The second-order valence-electron chi connectivity index (χ2n) is 6.33. The van der Waals surface area contributed by atoms with E-state index in [1.807, 2.05) is 19.1 Å². The van der Waals surface area contributed by atoms with Crippen LogP contribution in [0.25, 0.3) is 6.08 Å². The number of thioether (sulfide) groups is 1. The highest BCUT2D eigenvalue weighted by atomic mass is 32.2. The SMILES string of the molecule is CCOc1cc(C=C2SC(=S)N(CC(=O)O)C2=O)ccc1OCCC(C)C. The summed E-state index contributed by atoms with van der Waals surface area (Å²) in [6.07, 6.45) is 2.63. The summed E-state index contributed by atoms with van der Waals surface area (Å²) in [7, 11) is 0. The van der Waals surface area contributed by atoms with Crippen molar-refractivity contribution in [2.24, 2.45) is 5.92 Å². The standard InChI is InChI=1S/C19H23NO5S2/c1-4-24-15-9-13(5-6-14(15)25-8-7-12(2)3)10-16-18(23)20(11-17(21)22)19(26)27-16/h5-6,9-10,12H,4,7-8,11H2,1-3H3,(H,21,22). The van der Waals surface area contributed by atoms with Gasteiger partial charge in [-0.15, -0.1) is 0 Å². The smallest absolute Gasteiger partial charge is 0.323 e. The lowest BCUT2D eigenvalue weighted by Crippen LogP contribution is -2.33. The molecule has 0 radical (unpaired) electrons. The first kappa shape index (κ1) is 21.2. The molecule has 0 atom stereocenters. The third-order valence-electron chi connectivity index (χ3n) is 3.69. The number of rotatable bonds is 9. The molecule has 0 aliphatic carbocycles. The summed E-state index contributed by atoms with van der Waals surface area (Å²) in [4.78, 5) is 24.7. The van der Waals surface area contributed by atoms with Gasteiger partial charge in [-0.3, -0.25) is 14.5 Å². The number of carboxylic acids is 1. The van der Waals surface area contributed by atoms with Gasteiger partial charge in [-0.25, -0.2) is 0 Å². The van der Waals surface area contributed by atoms with Gasteiger partial charge >= 0.3 is 5.97 Å². The molecule has 0 bridgehead atoms. The van der Waals surface area contributed by atoms with E-state index < -0.39 is 18.4 Å². The molecular formula is C19H23NO5S2. The maximum absolute atomic E-state index is 12.4. The van der Waals surface area contributed by atoms with Crippen molar-refractivity contribution in [3.63, 3.8) is 0 Å². The second kappa shape index (κ2) is 9.75. The van der Waals surface area contributed by atoms with E-state index in [0.29, 0.717) is 35.5 Å². The minimum Gasteiger partial charge on any atom is -0.490 e. The highest BCUT2D eigenvalue weighted by Gasteiger charge is 2.33. The number of benzene rings is 1. The highest BCUT2D eigenvalue weighted by Crippen LogP contribution is 2.34. The van der Waals surface area contributed by atoms with E-state index in [1.54, 1.807) is 12.1 Å². The monoisotopic (exact) mass is 409 g/mol. The van der Waals surface area contributed by atoms with Crippen LogP contribution in [0.5, 0.6) is 11.5 Å². The predicted molar refractivity (Wildman–Crippen MR) is 110 cm³/mol. The molecule has 1 heterocycles. The molecule has 2 rings (SSSR count). The van der Waals surface area contributed by atoms with Gasteiger partial charge in [-0.1, -0.05) is 43.9 Å². The lowest BCUT2D eigenvalue weighted by Gasteiger charge is -2.13. The number of nitrogens with zero attached hydrogens (tertiary/aromatic N) is 1. The maximum atomic E-state index is 12.4. The number of hydrogen-bond donors (Lipinski definition) is 1. The highest BCUT2D eigenvalue weighted by molar-refractivity contribution is 8.26. The van der Waals surface area contributed by atoms with Crippen molar-refractivity contribution < 1.29 is 24.2 Å². The third kappa shape index (κ3) is 5.97. The fraction of sp³-hybridized carbons (Fsp3) is 0.421. The molecule has 1 N–H and O–H groups in total. The van der Waals surface area contributed by atoms with E-state index in [9.17, 15) is 9.59 Å². The Morgan fingerprint density at radius 1 is 1.33 bits per heavy atom. The molecule has 0 spiro atoms. The van der Waals surface area contributed by atoms with Crippen LogP contribution in [-0.4, -0.2) is 46.0 Å². The van der Waals surface area contributed by atoms with Crippen LogP contribution in [-0.2, 0) is 9.59 Å². The molecule has 27 heavy (non-hydrogen) atoms. The summed E-state index contributed by atoms with van der Waals surface area (Å²) in [5.74, 6) is 0.313. The third-order valence-corrected chi connectivity index (χ3v) is 5.06. The fourth-order valence-corrected chi connectivity index (χ4v) is 3.58. The Balaban J connectivity index is 2.19. The average molecular weight is 410 g/mol. The molecular weight excluding hydrogens is 386 g/mol. The van der Waals surface area contributed by atoms with E-state index >= 15 is 0 Å². The number of amides is 1. The molecule has 1 amide bonds. The van der Waals surface area contributed by atoms with Gasteiger partial charge in [0.2, 0.25) is 0 Å². The van der Waals surface area contributed by atoms with Crippen molar-refractivity contribution in [2.75, 3.05) is 19.8 Å². The minimum absolute atomic E-state index is 0.243. The number of carbonyl (C=O) groups is 2. The lowest BCUT2D eigenvalue weighted by molar-refractivity contribution is -0.140. The zero-order chi connectivity index (χ0) is 20.0. The van der Waals surface area contributed by atoms with Gasteiger partial charge < -0.3 is 14.6 Å². The van der Waals surface area contributed by atoms with Crippen LogP contribution >= 0.6 is 24.0 Å². The molecule has 146 valence electrons. The van der Waals surface area contributed by atoms with E-state index in [0.717, 1.165) is 28.6 Å². The summed E-state index contributed by atoms with van der Waals surface area (Å²) in [5, 5.41) is 8.90. The van der Waals surface area contributed by atoms with Crippen molar-refractivity contribution >= 4 is 46.3 Å². The van der Waals surface area contributed by atoms with E-state index in [2.05, 4.69) is 13.8 Å². The van der Waals surface area contributed by atoms with E-state index in [1.165, 1.54) is 0 Å². The molecule has 8 heteroatoms. The van der Waals surface area contributed by atoms with Crippen molar-refractivity contribution in [1.82, 2.24) is 4.90 Å². The normalized spacial score (nSPS) is 15.7. The van der Waals surface area contributed by atoms with Gasteiger partial charge in [0.1, 0.15) is 10.9 Å². The predicted octanol–water partition coefficient (Wildman–Crippen LogP) is 3.80. The topological polar surface area (TPSA) is 76.1 Å². The minimum atomic E-state index is -1.10. The van der Waals surface area contributed by atoms with Crippen LogP contribution < -0.4 is 9.47 Å². The summed E-state index contributed by atoms with van der Waals surface area (Å²) >= 11 is 6.20. The Bertz CT molecular complexity index is 760. The number of thiocarbonyl (C=S) groups is 1. The van der Waals surface area contributed by atoms with Crippen molar-refractivity contribution in [3.8, 4) is 11.5 Å². The van der Waals surface area contributed by atoms with Gasteiger partial charge in [0, 0.05) is 0 Å².